The van der Waals surface area contributed by atoms with Crippen molar-refractivity contribution in [3.05, 3.63) is 0 Å². The van der Waals surface area contributed by atoms with E-state index >= 15 is 0 Å². The normalized spacial score (nSPS) is 39.9. The molecule has 0 aromatic heterocycles. The van der Waals surface area contributed by atoms with Crippen LogP contribution in [0.2, 0.25) is 0 Å². The van der Waals surface area contributed by atoms with Gasteiger partial charge in [-0.15, -0.1) is 0 Å². The summed E-state index contributed by atoms with van der Waals surface area (Å²) in [6.07, 6.45) is 11.0. The van der Waals surface area contributed by atoms with Gasteiger partial charge in [0.2, 0.25) is 0 Å². The maximum atomic E-state index is 5.09. The Morgan fingerprint density at radius 1 is 1.11 bits per heavy atom. The third-order valence-electron chi connectivity index (χ3n) is 5.52. The van der Waals surface area contributed by atoms with Gasteiger partial charge >= 0.3 is 0 Å². The van der Waals surface area contributed by atoms with Gasteiger partial charge in [-0.05, 0) is 38.6 Å². The van der Waals surface area contributed by atoms with E-state index in [1.54, 1.807) is 0 Å². The number of amidine groups is 1. The van der Waals surface area contributed by atoms with Crippen molar-refractivity contribution in [1.82, 2.24) is 10.2 Å². The molecule has 3 heterocycles. The summed E-state index contributed by atoms with van der Waals surface area (Å²) < 4.78 is 0. The topological polar surface area (TPSA) is 27.6 Å². The van der Waals surface area contributed by atoms with Crippen molar-refractivity contribution in [2.45, 2.75) is 69.0 Å². The molecule has 0 bridgehead atoms. The Morgan fingerprint density at radius 2 is 2.00 bits per heavy atom. The average Bonchev–Trinajstić information content (AvgIpc) is 3.10. The summed E-state index contributed by atoms with van der Waals surface area (Å²) in [4.78, 5) is 7.75. The predicted octanol–water partition coefficient (Wildman–Crippen LogP) is 2.62. The van der Waals surface area contributed by atoms with Gasteiger partial charge in [-0.3, -0.25) is 9.89 Å². The summed E-state index contributed by atoms with van der Waals surface area (Å²) in [5.74, 6) is 1.26. The van der Waals surface area contributed by atoms with E-state index in [0.717, 1.165) is 6.04 Å². The molecule has 2 atom stereocenters. The molecule has 106 valence electrons. The molecule has 4 fully saturated rings. The van der Waals surface area contributed by atoms with Crippen molar-refractivity contribution in [1.29, 1.82) is 0 Å². The molecule has 0 amide bonds. The molecule has 1 N–H and O–H groups in total. The largest absolute Gasteiger partial charge is 0.359 e. The van der Waals surface area contributed by atoms with E-state index in [1.807, 2.05) is 11.8 Å². The molecule has 3 nitrogen and oxygen atoms in total. The summed E-state index contributed by atoms with van der Waals surface area (Å²) in [6.45, 7) is 2.60. The van der Waals surface area contributed by atoms with E-state index in [-0.39, 0.29) is 0 Å². The number of nitrogens with one attached hydrogen (secondary N) is 1. The molecule has 1 saturated carbocycles. The standard InChI is InChI=1S/C15H25N3S/c1-2-7-15(8-3-1)11-19-14(17-15)16-12-6-10-18-9-4-5-13(12)18/h12-13H,1-11H2,(H,16,17). The third-order valence-corrected chi connectivity index (χ3v) is 6.70. The van der Waals surface area contributed by atoms with Crippen LogP contribution in [0.3, 0.4) is 0 Å². The molecular formula is C15H25N3S. The van der Waals surface area contributed by atoms with Crippen LogP contribution in [-0.4, -0.2) is 46.5 Å². The number of rotatable bonds is 1. The van der Waals surface area contributed by atoms with Crippen molar-refractivity contribution < 1.29 is 0 Å². The summed E-state index contributed by atoms with van der Waals surface area (Å²) in [5.41, 5.74) is 0.412. The molecule has 4 rings (SSSR count). The Kier molecular flexibility index (Phi) is 3.27. The number of nitrogens with zero attached hydrogens (tertiary/aromatic N) is 2. The molecule has 3 aliphatic heterocycles. The summed E-state index contributed by atoms with van der Waals surface area (Å²) in [6, 6.07) is 1.34. The first-order chi connectivity index (χ1) is 9.35. The quantitative estimate of drug-likeness (QED) is 0.799. The monoisotopic (exact) mass is 279 g/mol. The van der Waals surface area contributed by atoms with Crippen molar-refractivity contribution in [3.8, 4) is 0 Å². The highest BCUT2D eigenvalue weighted by atomic mass is 32.2. The Hall–Kier alpha value is -0.220. The molecule has 1 aliphatic carbocycles. The molecule has 2 unspecified atom stereocenters. The van der Waals surface area contributed by atoms with Gasteiger partial charge in [0.25, 0.3) is 0 Å². The first-order valence-corrected chi connectivity index (χ1v) is 9.06. The van der Waals surface area contributed by atoms with Crippen LogP contribution in [0.4, 0.5) is 0 Å². The van der Waals surface area contributed by atoms with Gasteiger partial charge in [-0.1, -0.05) is 31.0 Å². The van der Waals surface area contributed by atoms with Crippen molar-refractivity contribution in [3.63, 3.8) is 0 Å². The molecule has 0 radical (unpaired) electrons. The van der Waals surface area contributed by atoms with E-state index in [9.17, 15) is 0 Å². The fourth-order valence-electron chi connectivity index (χ4n) is 4.43. The Bertz CT molecular complexity index is 376. The predicted molar refractivity (Wildman–Crippen MR) is 81.8 cm³/mol. The van der Waals surface area contributed by atoms with E-state index < -0.39 is 0 Å². The zero-order valence-corrected chi connectivity index (χ0v) is 12.6. The van der Waals surface area contributed by atoms with Crippen molar-refractivity contribution >= 4 is 16.9 Å². The number of aliphatic imine (C=N–C) groups is 1. The van der Waals surface area contributed by atoms with Gasteiger partial charge < -0.3 is 5.32 Å². The van der Waals surface area contributed by atoms with Gasteiger partial charge in [-0.25, -0.2) is 0 Å². The van der Waals surface area contributed by atoms with E-state index in [2.05, 4.69) is 10.2 Å². The molecule has 19 heavy (non-hydrogen) atoms. The van der Waals surface area contributed by atoms with Gasteiger partial charge in [-0.2, -0.15) is 0 Å². The van der Waals surface area contributed by atoms with Crippen LogP contribution in [-0.2, 0) is 0 Å². The second kappa shape index (κ2) is 4.96. The van der Waals surface area contributed by atoms with Gasteiger partial charge in [0.1, 0.15) is 0 Å². The van der Waals surface area contributed by atoms with E-state index in [1.165, 1.54) is 75.4 Å². The van der Waals surface area contributed by atoms with Gasteiger partial charge in [0, 0.05) is 23.9 Å². The number of thioether (sulfide) groups is 1. The minimum absolute atomic E-state index is 0.412. The van der Waals surface area contributed by atoms with Gasteiger partial charge in [0.05, 0.1) is 6.04 Å². The highest BCUT2D eigenvalue weighted by molar-refractivity contribution is 8.14. The maximum Gasteiger partial charge on any atom is 0.157 e. The van der Waals surface area contributed by atoms with Crippen molar-refractivity contribution in [2.75, 3.05) is 18.8 Å². The fourth-order valence-corrected chi connectivity index (χ4v) is 5.70. The lowest BCUT2D eigenvalue weighted by molar-refractivity contribution is 0.301. The zero-order chi connectivity index (χ0) is 12.7. The molecule has 4 heteroatoms. The average molecular weight is 279 g/mol. The lowest BCUT2D eigenvalue weighted by Crippen LogP contribution is -2.45. The molecule has 3 saturated heterocycles. The summed E-state index contributed by atoms with van der Waals surface area (Å²) in [5, 5.41) is 5.07. The number of hydrogen-bond donors (Lipinski definition) is 1. The second-order valence-corrected chi connectivity index (χ2v) is 7.75. The number of hydrogen-bond acceptors (Lipinski definition) is 3. The third kappa shape index (κ3) is 2.31. The summed E-state index contributed by atoms with van der Waals surface area (Å²) >= 11 is 1.99. The van der Waals surface area contributed by atoms with E-state index in [0.29, 0.717) is 11.6 Å². The molecule has 4 aliphatic rings. The Labute approximate surface area is 120 Å². The minimum atomic E-state index is 0.412. The molecule has 0 aromatic rings. The fraction of sp³-hybridized carbons (Fsp3) is 0.933. The maximum absolute atomic E-state index is 5.09. The highest BCUT2D eigenvalue weighted by Gasteiger charge is 2.41. The van der Waals surface area contributed by atoms with Crippen molar-refractivity contribution in [2.24, 2.45) is 4.99 Å². The van der Waals surface area contributed by atoms with E-state index in [4.69, 9.17) is 4.99 Å². The Morgan fingerprint density at radius 3 is 2.89 bits per heavy atom. The SMILES string of the molecule is C1CCC2(CC1)CSC(=NC1CCN3CCCC13)N2. The molecule has 1 spiro atoms. The zero-order valence-electron chi connectivity index (χ0n) is 11.7. The number of fused-ring (bicyclic) bond motifs is 1. The van der Waals surface area contributed by atoms with Gasteiger partial charge in [0.15, 0.2) is 5.17 Å². The van der Waals surface area contributed by atoms with Crippen LogP contribution >= 0.6 is 11.8 Å². The summed E-state index contributed by atoms with van der Waals surface area (Å²) in [7, 11) is 0. The lowest BCUT2D eigenvalue weighted by atomic mass is 9.83. The lowest BCUT2D eigenvalue weighted by Gasteiger charge is -2.32. The van der Waals surface area contributed by atoms with Crippen LogP contribution in [0, 0.1) is 0 Å². The van der Waals surface area contributed by atoms with Crippen LogP contribution in [0.1, 0.15) is 51.4 Å². The van der Waals surface area contributed by atoms with Crippen LogP contribution < -0.4 is 5.32 Å². The van der Waals surface area contributed by atoms with Crippen LogP contribution in [0.5, 0.6) is 0 Å². The smallest absolute Gasteiger partial charge is 0.157 e. The second-order valence-electron chi connectivity index (χ2n) is 6.79. The van der Waals surface area contributed by atoms with Crippen LogP contribution in [0.15, 0.2) is 4.99 Å². The first-order valence-electron chi connectivity index (χ1n) is 8.08. The Balaban J connectivity index is 1.44. The highest BCUT2D eigenvalue weighted by Crippen LogP contribution is 2.37. The first kappa shape index (κ1) is 12.5. The van der Waals surface area contributed by atoms with Crippen LogP contribution in [0.25, 0.3) is 0 Å². The minimum Gasteiger partial charge on any atom is -0.359 e. The molecule has 0 aromatic carbocycles. The molecular weight excluding hydrogens is 254 g/mol.